The summed E-state index contributed by atoms with van der Waals surface area (Å²) in [6.07, 6.45) is 26.1. The van der Waals surface area contributed by atoms with Crippen LogP contribution in [-0.2, 0) is 0 Å². The highest BCUT2D eigenvalue weighted by atomic mass is 35.5. The van der Waals surface area contributed by atoms with Gasteiger partial charge < -0.3 is 17.3 Å². The second-order valence-corrected chi connectivity index (χ2v) is 7.25. The molecule has 23 heavy (non-hydrogen) atoms. The van der Waals surface area contributed by atoms with Crippen molar-refractivity contribution in [3.05, 3.63) is 12.2 Å². The van der Waals surface area contributed by atoms with Crippen molar-refractivity contribution in [3.8, 4) is 0 Å². The van der Waals surface area contributed by atoms with Crippen molar-refractivity contribution in [1.29, 1.82) is 0 Å². The number of allylic oxidation sites excluding steroid dienone is 1. The molecule has 0 bridgehead atoms. The van der Waals surface area contributed by atoms with Crippen molar-refractivity contribution >= 4 is 0 Å². The summed E-state index contributed by atoms with van der Waals surface area (Å²) in [5.74, 6) is 0. The fraction of sp³-hybridized carbons (Fsp3) is 0.905. The predicted molar refractivity (Wildman–Crippen MR) is 102 cm³/mol. The fourth-order valence-electron chi connectivity index (χ4n) is 2.89. The van der Waals surface area contributed by atoms with Crippen molar-refractivity contribution in [2.24, 2.45) is 0 Å². The van der Waals surface area contributed by atoms with Gasteiger partial charge >= 0.3 is 0 Å². The highest BCUT2D eigenvalue weighted by molar-refractivity contribution is 4.80. The van der Waals surface area contributed by atoms with Crippen LogP contribution in [0.15, 0.2) is 12.2 Å². The Kier molecular flexibility index (Phi) is 24.1. The van der Waals surface area contributed by atoms with Gasteiger partial charge in [0.05, 0.1) is 20.6 Å². The maximum absolute atomic E-state index is 2.39. The van der Waals surface area contributed by atoms with Gasteiger partial charge in [-0.05, 0) is 12.8 Å². The standard InChI is InChI=1S/C21H43N.ClH/c1-4-5-6-7-8-9-10-11-12-13-14-15-16-17-18-19-20-21-22(2)3;/h18-19H,4-17,20-21H2,1-3H3;1H/b19-18+;. The SMILES string of the molecule is CCCCCCCCCCCCCCC/C=C/CC[NH+](C)C.[Cl-]. The molecule has 0 aromatic carbocycles. The van der Waals surface area contributed by atoms with E-state index in [0.717, 1.165) is 0 Å². The van der Waals surface area contributed by atoms with Gasteiger partial charge in [0.2, 0.25) is 0 Å². The van der Waals surface area contributed by atoms with Crippen molar-refractivity contribution in [1.82, 2.24) is 0 Å². The predicted octanol–water partition coefficient (Wildman–Crippen LogP) is 2.56. The molecule has 0 aliphatic heterocycles. The molecular formula is C21H44ClN. The van der Waals surface area contributed by atoms with Gasteiger partial charge in [-0.3, -0.25) is 0 Å². The molecule has 0 aliphatic rings. The minimum Gasteiger partial charge on any atom is -1.00 e. The van der Waals surface area contributed by atoms with Gasteiger partial charge in [-0.1, -0.05) is 96.1 Å². The van der Waals surface area contributed by atoms with Gasteiger partial charge in [0.25, 0.3) is 0 Å². The summed E-state index contributed by atoms with van der Waals surface area (Å²) in [5, 5.41) is 0. The summed E-state index contributed by atoms with van der Waals surface area (Å²) in [6.45, 7) is 3.55. The maximum atomic E-state index is 2.39. The zero-order chi connectivity index (χ0) is 16.3. The Morgan fingerprint density at radius 3 is 1.39 bits per heavy atom. The molecule has 0 saturated carbocycles. The quantitative estimate of drug-likeness (QED) is 0.305. The molecule has 0 heterocycles. The van der Waals surface area contributed by atoms with E-state index >= 15 is 0 Å². The molecule has 140 valence electrons. The summed E-state index contributed by atoms with van der Waals surface area (Å²) < 4.78 is 0. The number of hydrogen-bond donors (Lipinski definition) is 1. The lowest BCUT2D eigenvalue weighted by Crippen LogP contribution is -3.05. The molecule has 0 atom stereocenters. The smallest absolute Gasteiger partial charge is 0.0801 e. The summed E-state index contributed by atoms with van der Waals surface area (Å²) in [5.41, 5.74) is 0. The molecule has 0 unspecified atom stereocenters. The van der Waals surface area contributed by atoms with Crippen LogP contribution in [0.5, 0.6) is 0 Å². The van der Waals surface area contributed by atoms with E-state index in [9.17, 15) is 0 Å². The van der Waals surface area contributed by atoms with E-state index in [0.29, 0.717) is 0 Å². The van der Waals surface area contributed by atoms with Crippen LogP contribution >= 0.6 is 0 Å². The first-order chi connectivity index (χ1) is 10.8. The zero-order valence-corrected chi connectivity index (χ0v) is 17.1. The molecule has 0 amide bonds. The second kappa shape index (κ2) is 22.0. The molecule has 0 rings (SSSR count). The number of nitrogens with one attached hydrogen (secondary N) is 1. The zero-order valence-electron chi connectivity index (χ0n) is 16.3. The van der Waals surface area contributed by atoms with Gasteiger partial charge in [0.1, 0.15) is 0 Å². The van der Waals surface area contributed by atoms with E-state index in [1.54, 1.807) is 4.90 Å². The average Bonchev–Trinajstić information content (AvgIpc) is 2.50. The minimum atomic E-state index is 0. The Balaban J connectivity index is 0. The summed E-state index contributed by atoms with van der Waals surface area (Å²) in [7, 11) is 4.45. The van der Waals surface area contributed by atoms with Crippen molar-refractivity contribution < 1.29 is 17.3 Å². The maximum Gasteiger partial charge on any atom is 0.0801 e. The molecular weight excluding hydrogens is 302 g/mol. The van der Waals surface area contributed by atoms with E-state index in [1.807, 2.05) is 0 Å². The first-order valence-electron chi connectivity index (χ1n) is 10.2. The van der Waals surface area contributed by atoms with E-state index in [4.69, 9.17) is 0 Å². The highest BCUT2D eigenvalue weighted by Crippen LogP contribution is 2.12. The summed E-state index contributed by atoms with van der Waals surface area (Å²) >= 11 is 0. The number of hydrogen-bond acceptors (Lipinski definition) is 0. The van der Waals surface area contributed by atoms with E-state index in [2.05, 4.69) is 33.2 Å². The van der Waals surface area contributed by atoms with Gasteiger partial charge in [-0.25, -0.2) is 0 Å². The lowest BCUT2D eigenvalue weighted by atomic mass is 10.0. The first kappa shape index (κ1) is 25.2. The molecule has 0 spiro atoms. The summed E-state index contributed by atoms with van der Waals surface area (Å²) in [6, 6.07) is 0. The normalized spacial score (nSPS) is 11.3. The third-order valence-electron chi connectivity index (χ3n) is 4.45. The van der Waals surface area contributed by atoms with Crippen LogP contribution in [0, 0.1) is 0 Å². The number of halogens is 1. The molecule has 0 aromatic rings. The monoisotopic (exact) mass is 345 g/mol. The van der Waals surface area contributed by atoms with Crippen molar-refractivity contribution in [2.45, 2.75) is 103 Å². The van der Waals surface area contributed by atoms with Gasteiger partial charge in [0.15, 0.2) is 0 Å². The Hall–Kier alpha value is -0.0100. The molecule has 0 aliphatic carbocycles. The Morgan fingerprint density at radius 1 is 0.565 bits per heavy atom. The lowest BCUT2D eigenvalue weighted by molar-refractivity contribution is -0.857. The van der Waals surface area contributed by atoms with Crippen LogP contribution in [0.2, 0.25) is 0 Å². The van der Waals surface area contributed by atoms with E-state index < -0.39 is 0 Å². The first-order valence-corrected chi connectivity index (χ1v) is 10.2. The number of quaternary nitrogens is 1. The largest absolute Gasteiger partial charge is 1.00 e. The van der Waals surface area contributed by atoms with Crippen LogP contribution in [0.3, 0.4) is 0 Å². The van der Waals surface area contributed by atoms with Crippen LogP contribution in [0.25, 0.3) is 0 Å². The van der Waals surface area contributed by atoms with Crippen LogP contribution in [-0.4, -0.2) is 20.6 Å². The molecule has 2 heteroatoms. The van der Waals surface area contributed by atoms with Gasteiger partial charge in [0, 0.05) is 6.42 Å². The lowest BCUT2D eigenvalue weighted by Gasteiger charge is -2.03. The molecule has 1 N–H and O–H groups in total. The van der Waals surface area contributed by atoms with E-state index in [1.165, 1.54) is 103 Å². The molecule has 0 fully saturated rings. The van der Waals surface area contributed by atoms with E-state index in [-0.39, 0.29) is 12.4 Å². The van der Waals surface area contributed by atoms with Crippen LogP contribution < -0.4 is 17.3 Å². The highest BCUT2D eigenvalue weighted by Gasteiger charge is 1.93. The third-order valence-corrected chi connectivity index (χ3v) is 4.45. The number of unbranched alkanes of at least 4 members (excludes halogenated alkanes) is 13. The summed E-state index contributed by atoms with van der Waals surface area (Å²) in [4.78, 5) is 1.55. The molecule has 0 radical (unpaired) electrons. The fourth-order valence-corrected chi connectivity index (χ4v) is 2.89. The third kappa shape index (κ3) is 24.4. The average molecular weight is 346 g/mol. The Labute approximate surface area is 153 Å². The molecule has 0 aromatic heterocycles. The van der Waals surface area contributed by atoms with Gasteiger partial charge in [-0.2, -0.15) is 0 Å². The Bertz CT molecular complexity index is 226. The van der Waals surface area contributed by atoms with Crippen molar-refractivity contribution in [3.63, 3.8) is 0 Å². The topological polar surface area (TPSA) is 4.44 Å². The Morgan fingerprint density at radius 2 is 0.957 bits per heavy atom. The van der Waals surface area contributed by atoms with Crippen LogP contribution in [0.4, 0.5) is 0 Å². The number of rotatable bonds is 17. The van der Waals surface area contributed by atoms with Gasteiger partial charge in [-0.15, -0.1) is 0 Å². The molecule has 0 saturated heterocycles. The second-order valence-electron chi connectivity index (χ2n) is 7.25. The van der Waals surface area contributed by atoms with Crippen LogP contribution in [0.1, 0.15) is 103 Å². The van der Waals surface area contributed by atoms with Crippen molar-refractivity contribution in [2.75, 3.05) is 20.6 Å². The molecule has 1 nitrogen and oxygen atoms in total. The minimum absolute atomic E-state index is 0.